The van der Waals surface area contributed by atoms with Crippen LogP contribution in [0.3, 0.4) is 0 Å². The number of hydrogen-bond donors (Lipinski definition) is 3. The second-order valence-corrected chi connectivity index (χ2v) is 5.40. The summed E-state index contributed by atoms with van der Waals surface area (Å²) in [6.07, 6.45) is 1.55. The van der Waals surface area contributed by atoms with Crippen molar-refractivity contribution in [1.82, 2.24) is 20.4 Å². The van der Waals surface area contributed by atoms with Crippen LogP contribution in [0.15, 0.2) is 36.5 Å². The molecule has 0 radical (unpaired) electrons. The van der Waals surface area contributed by atoms with Crippen LogP contribution in [-0.4, -0.2) is 26.1 Å². The summed E-state index contributed by atoms with van der Waals surface area (Å²) in [5.41, 5.74) is 5.30. The van der Waals surface area contributed by atoms with E-state index >= 15 is 0 Å². The van der Waals surface area contributed by atoms with Crippen LogP contribution in [0.4, 0.5) is 0 Å². The lowest BCUT2D eigenvalue weighted by molar-refractivity contribution is 0.0695. The molecular formula is C16H16N4O2. The smallest absolute Gasteiger partial charge is 0.312 e. The van der Waals surface area contributed by atoms with E-state index in [1.165, 1.54) is 11.0 Å². The van der Waals surface area contributed by atoms with Crippen LogP contribution in [0.25, 0.3) is 22.3 Å². The Morgan fingerprint density at radius 2 is 2.00 bits per heavy atom. The van der Waals surface area contributed by atoms with E-state index in [-0.39, 0.29) is 5.82 Å². The van der Waals surface area contributed by atoms with Gasteiger partial charge in [-0.1, -0.05) is 38.1 Å². The molecule has 112 valence electrons. The molecular weight excluding hydrogens is 280 g/mol. The Hall–Kier alpha value is -2.73. The Labute approximate surface area is 127 Å². The summed E-state index contributed by atoms with van der Waals surface area (Å²) in [4.78, 5) is 22.5. The molecule has 2 heterocycles. The number of carbonyl (C=O) groups excluding carboxylic acids is 1. The van der Waals surface area contributed by atoms with E-state index in [1.807, 2.05) is 6.07 Å². The molecule has 0 aliphatic heterocycles. The average molecular weight is 296 g/mol. The summed E-state index contributed by atoms with van der Waals surface area (Å²) in [6, 6.07) is 10.2. The highest BCUT2D eigenvalue weighted by Crippen LogP contribution is 2.24. The minimum atomic E-state index is -0.737. The molecule has 0 bridgehead atoms. The van der Waals surface area contributed by atoms with Crippen molar-refractivity contribution in [2.24, 2.45) is 0 Å². The van der Waals surface area contributed by atoms with Crippen molar-refractivity contribution in [2.75, 3.05) is 0 Å². The lowest BCUT2D eigenvalue weighted by atomic mass is 10.0. The SMILES string of the molecule is CC(C)c1ccc(-c2cc3cnc(C(=O)NO)nc3[nH]2)cc1. The maximum Gasteiger partial charge on any atom is 0.312 e. The van der Waals surface area contributed by atoms with Crippen molar-refractivity contribution in [3.05, 3.63) is 47.9 Å². The van der Waals surface area contributed by atoms with Crippen LogP contribution < -0.4 is 5.48 Å². The van der Waals surface area contributed by atoms with Crippen LogP contribution in [-0.2, 0) is 0 Å². The van der Waals surface area contributed by atoms with E-state index in [0.717, 1.165) is 16.6 Å². The number of nitrogens with one attached hydrogen (secondary N) is 2. The van der Waals surface area contributed by atoms with Gasteiger partial charge in [-0.05, 0) is 23.1 Å². The summed E-state index contributed by atoms with van der Waals surface area (Å²) in [5.74, 6) is -0.333. The number of amides is 1. The van der Waals surface area contributed by atoms with Gasteiger partial charge in [0, 0.05) is 17.3 Å². The molecule has 22 heavy (non-hydrogen) atoms. The molecule has 0 unspecified atom stereocenters. The molecule has 0 aliphatic carbocycles. The first-order chi connectivity index (χ1) is 10.6. The van der Waals surface area contributed by atoms with E-state index in [1.54, 1.807) is 6.20 Å². The van der Waals surface area contributed by atoms with Crippen molar-refractivity contribution in [3.63, 3.8) is 0 Å². The highest BCUT2D eigenvalue weighted by Gasteiger charge is 2.11. The largest absolute Gasteiger partial charge is 0.339 e. The third-order valence-electron chi connectivity index (χ3n) is 3.56. The van der Waals surface area contributed by atoms with Crippen molar-refractivity contribution in [1.29, 1.82) is 0 Å². The molecule has 6 nitrogen and oxygen atoms in total. The fourth-order valence-electron chi connectivity index (χ4n) is 2.28. The van der Waals surface area contributed by atoms with Crippen LogP contribution >= 0.6 is 0 Å². The molecule has 3 aromatic rings. The lowest BCUT2D eigenvalue weighted by Crippen LogP contribution is -2.21. The second kappa shape index (κ2) is 5.57. The molecule has 0 aliphatic rings. The first-order valence-corrected chi connectivity index (χ1v) is 6.99. The highest BCUT2D eigenvalue weighted by atomic mass is 16.5. The molecule has 1 amide bonds. The summed E-state index contributed by atoms with van der Waals surface area (Å²) >= 11 is 0. The van der Waals surface area contributed by atoms with E-state index < -0.39 is 5.91 Å². The van der Waals surface area contributed by atoms with Gasteiger partial charge in [0.2, 0.25) is 5.82 Å². The number of hydrogen-bond acceptors (Lipinski definition) is 4. The van der Waals surface area contributed by atoms with Crippen molar-refractivity contribution >= 4 is 16.9 Å². The number of aromatic nitrogens is 3. The molecule has 0 saturated heterocycles. The Kier molecular flexibility index (Phi) is 3.60. The zero-order chi connectivity index (χ0) is 15.7. The highest BCUT2D eigenvalue weighted by molar-refractivity contribution is 5.92. The van der Waals surface area contributed by atoms with Gasteiger partial charge < -0.3 is 4.98 Å². The zero-order valence-electron chi connectivity index (χ0n) is 12.3. The van der Waals surface area contributed by atoms with E-state index in [2.05, 4.69) is 53.1 Å². The van der Waals surface area contributed by atoms with Crippen LogP contribution in [0.2, 0.25) is 0 Å². The van der Waals surface area contributed by atoms with Gasteiger partial charge in [-0.3, -0.25) is 10.0 Å². The molecule has 6 heteroatoms. The summed E-state index contributed by atoms with van der Waals surface area (Å²) in [5, 5.41) is 9.43. The molecule has 0 atom stereocenters. The number of fused-ring (bicyclic) bond motifs is 1. The van der Waals surface area contributed by atoms with Gasteiger partial charge in [-0.25, -0.2) is 15.4 Å². The maximum atomic E-state index is 11.3. The minimum absolute atomic E-state index is 0.0847. The fraction of sp³-hybridized carbons (Fsp3) is 0.188. The second-order valence-electron chi connectivity index (χ2n) is 5.40. The number of hydroxylamine groups is 1. The van der Waals surface area contributed by atoms with Crippen molar-refractivity contribution < 1.29 is 10.0 Å². The van der Waals surface area contributed by atoms with Crippen LogP contribution in [0.1, 0.15) is 35.9 Å². The quantitative estimate of drug-likeness (QED) is 0.512. The molecule has 0 spiro atoms. The van der Waals surface area contributed by atoms with Crippen LogP contribution in [0.5, 0.6) is 0 Å². The van der Waals surface area contributed by atoms with Gasteiger partial charge in [0.05, 0.1) is 0 Å². The third kappa shape index (κ3) is 2.56. The van der Waals surface area contributed by atoms with Gasteiger partial charge >= 0.3 is 5.91 Å². The normalized spacial score (nSPS) is 11.1. The van der Waals surface area contributed by atoms with Gasteiger partial charge in [0.1, 0.15) is 5.65 Å². The molecule has 3 N–H and O–H groups in total. The predicted octanol–water partition coefficient (Wildman–Crippen LogP) is 2.87. The summed E-state index contributed by atoms with van der Waals surface area (Å²) in [6.45, 7) is 4.31. The average Bonchev–Trinajstić information content (AvgIpc) is 2.97. The molecule has 0 saturated carbocycles. The molecule has 2 aromatic heterocycles. The monoisotopic (exact) mass is 296 g/mol. The van der Waals surface area contributed by atoms with Gasteiger partial charge in [-0.2, -0.15) is 0 Å². The van der Waals surface area contributed by atoms with E-state index in [9.17, 15) is 4.79 Å². The number of aromatic amines is 1. The topological polar surface area (TPSA) is 90.9 Å². The molecule has 1 aromatic carbocycles. The number of rotatable bonds is 3. The van der Waals surface area contributed by atoms with E-state index in [4.69, 9.17) is 5.21 Å². The van der Waals surface area contributed by atoms with Crippen molar-refractivity contribution in [2.45, 2.75) is 19.8 Å². The number of nitrogens with zero attached hydrogens (tertiary/aromatic N) is 2. The summed E-state index contributed by atoms with van der Waals surface area (Å²) in [7, 11) is 0. The Morgan fingerprint density at radius 3 is 2.64 bits per heavy atom. The first-order valence-electron chi connectivity index (χ1n) is 6.99. The van der Waals surface area contributed by atoms with Gasteiger partial charge in [0.15, 0.2) is 0 Å². The Balaban J connectivity index is 1.99. The minimum Gasteiger partial charge on any atom is -0.339 e. The zero-order valence-corrected chi connectivity index (χ0v) is 12.3. The van der Waals surface area contributed by atoms with Crippen molar-refractivity contribution in [3.8, 4) is 11.3 Å². The predicted molar refractivity (Wildman–Crippen MR) is 82.7 cm³/mol. The molecule has 0 fully saturated rings. The van der Waals surface area contributed by atoms with E-state index in [0.29, 0.717) is 11.6 Å². The number of carbonyl (C=O) groups is 1. The fourth-order valence-corrected chi connectivity index (χ4v) is 2.28. The first kappa shape index (κ1) is 14.2. The summed E-state index contributed by atoms with van der Waals surface area (Å²) < 4.78 is 0. The number of benzene rings is 1. The Morgan fingerprint density at radius 1 is 1.27 bits per heavy atom. The molecule has 3 rings (SSSR count). The third-order valence-corrected chi connectivity index (χ3v) is 3.56. The standard InChI is InChI=1S/C16H16N4O2/c1-9(2)10-3-5-11(6-4-10)13-7-12-8-17-15(16(21)20-22)19-14(12)18-13/h3-9,22H,1-2H3,(H,20,21)(H,17,18,19). The lowest BCUT2D eigenvalue weighted by Gasteiger charge is -2.05. The maximum absolute atomic E-state index is 11.3. The Bertz CT molecular complexity index is 822. The van der Waals surface area contributed by atoms with Crippen LogP contribution in [0, 0.1) is 0 Å². The number of H-pyrrole nitrogens is 1. The van der Waals surface area contributed by atoms with Gasteiger partial charge in [-0.15, -0.1) is 0 Å². The van der Waals surface area contributed by atoms with Gasteiger partial charge in [0.25, 0.3) is 0 Å².